The molecule has 26 heavy (non-hydrogen) atoms. The molecule has 4 heteroatoms. The monoisotopic (exact) mass is 365 g/mol. The molecule has 3 aromatic rings. The summed E-state index contributed by atoms with van der Waals surface area (Å²) >= 11 is 6.55. The highest BCUT2D eigenvalue weighted by Crippen LogP contribution is 2.36. The lowest BCUT2D eigenvalue weighted by Gasteiger charge is -2.13. The number of carbonyl (C=O) groups excluding carboxylic acids is 1. The lowest BCUT2D eigenvalue weighted by atomic mass is 9.97. The van der Waals surface area contributed by atoms with Gasteiger partial charge in [0.1, 0.15) is 6.61 Å². The van der Waals surface area contributed by atoms with Gasteiger partial charge in [-0.25, -0.2) is 0 Å². The zero-order valence-corrected chi connectivity index (χ0v) is 15.3. The standard InChI is InChI=1S/C22H20ClNO2/c1-2-21(25)26-14-17-9-6-10-19(22(17)24)18-12-11-16(13-20(18)23)15-7-4-3-5-8-15/h3-13H,2,14,24H2,1H3. The van der Waals surface area contributed by atoms with Crippen LogP contribution in [0.5, 0.6) is 0 Å². The third-order valence-corrected chi connectivity index (χ3v) is 4.55. The summed E-state index contributed by atoms with van der Waals surface area (Å²) < 4.78 is 5.20. The molecule has 132 valence electrons. The van der Waals surface area contributed by atoms with Crippen LogP contribution in [0.15, 0.2) is 66.7 Å². The minimum Gasteiger partial charge on any atom is -0.461 e. The van der Waals surface area contributed by atoms with E-state index < -0.39 is 0 Å². The molecule has 3 aromatic carbocycles. The normalized spacial score (nSPS) is 10.5. The van der Waals surface area contributed by atoms with Gasteiger partial charge in [-0.15, -0.1) is 0 Å². The van der Waals surface area contributed by atoms with E-state index in [2.05, 4.69) is 0 Å². The Morgan fingerprint density at radius 1 is 0.962 bits per heavy atom. The summed E-state index contributed by atoms with van der Waals surface area (Å²) in [5, 5.41) is 0.626. The average molecular weight is 366 g/mol. The molecule has 3 rings (SSSR count). The maximum absolute atomic E-state index is 11.4. The van der Waals surface area contributed by atoms with Gasteiger partial charge in [-0.1, -0.05) is 79.2 Å². The molecule has 0 saturated carbocycles. The smallest absolute Gasteiger partial charge is 0.305 e. The molecule has 0 aromatic heterocycles. The van der Waals surface area contributed by atoms with Gasteiger partial charge in [-0.3, -0.25) is 4.79 Å². The molecule has 0 heterocycles. The largest absolute Gasteiger partial charge is 0.461 e. The van der Waals surface area contributed by atoms with Gasteiger partial charge in [0.05, 0.1) is 0 Å². The first-order valence-electron chi connectivity index (χ1n) is 8.48. The topological polar surface area (TPSA) is 52.3 Å². The average Bonchev–Trinajstić information content (AvgIpc) is 2.68. The van der Waals surface area contributed by atoms with Crippen molar-refractivity contribution in [2.24, 2.45) is 0 Å². The molecule has 0 aliphatic rings. The number of carbonyl (C=O) groups is 1. The van der Waals surface area contributed by atoms with E-state index in [-0.39, 0.29) is 12.6 Å². The predicted molar refractivity (Wildman–Crippen MR) is 107 cm³/mol. The van der Waals surface area contributed by atoms with Crippen LogP contribution in [0.3, 0.4) is 0 Å². The van der Waals surface area contributed by atoms with Crippen molar-refractivity contribution >= 4 is 23.3 Å². The van der Waals surface area contributed by atoms with E-state index in [1.165, 1.54) is 0 Å². The number of para-hydroxylation sites is 1. The maximum Gasteiger partial charge on any atom is 0.305 e. The SMILES string of the molecule is CCC(=O)OCc1cccc(-c2ccc(-c3ccccc3)cc2Cl)c1N. The highest BCUT2D eigenvalue weighted by atomic mass is 35.5. The van der Waals surface area contributed by atoms with Crippen LogP contribution in [0.1, 0.15) is 18.9 Å². The molecular weight excluding hydrogens is 346 g/mol. The molecule has 0 saturated heterocycles. The number of ether oxygens (including phenoxy) is 1. The van der Waals surface area contributed by atoms with Crippen molar-refractivity contribution in [2.75, 3.05) is 5.73 Å². The van der Waals surface area contributed by atoms with Crippen molar-refractivity contribution in [2.45, 2.75) is 20.0 Å². The second kappa shape index (κ2) is 8.07. The fraction of sp³-hybridized carbons (Fsp3) is 0.136. The van der Waals surface area contributed by atoms with E-state index in [4.69, 9.17) is 22.1 Å². The number of hydrogen-bond donors (Lipinski definition) is 1. The zero-order valence-electron chi connectivity index (χ0n) is 14.5. The van der Waals surface area contributed by atoms with E-state index in [0.717, 1.165) is 27.8 Å². The van der Waals surface area contributed by atoms with Gasteiger partial charge in [-0.2, -0.15) is 0 Å². The first-order valence-corrected chi connectivity index (χ1v) is 8.86. The highest BCUT2D eigenvalue weighted by Gasteiger charge is 2.12. The number of esters is 1. The second-order valence-electron chi connectivity index (χ2n) is 5.95. The van der Waals surface area contributed by atoms with Gasteiger partial charge < -0.3 is 10.5 Å². The molecule has 0 aliphatic heterocycles. The lowest BCUT2D eigenvalue weighted by Crippen LogP contribution is -2.05. The van der Waals surface area contributed by atoms with E-state index in [0.29, 0.717) is 17.1 Å². The summed E-state index contributed by atoms with van der Waals surface area (Å²) in [5.41, 5.74) is 11.5. The third kappa shape index (κ3) is 3.89. The van der Waals surface area contributed by atoms with Gasteiger partial charge in [-0.05, 0) is 17.2 Å². The fourth-order valence-electron chi connectivity index (χ4n) is 2.78. The number of nitrogen functional groups attached to an aromatic ring is 1. The summed E-state index contributed by atoms with van der Waals surface area (Å²) in [4.78, 5) is 11.4. The molecule has 0 amide bonds. The summed E-state index contributed by atoms with van der Waals surface area (Å²) in [6, 6.07) is 21.7. The number of halogens is 1. The Labute approximate surface area is 158 Å². The highest BCUT2D eigenvalue weighted by molar-refractivity contribution is 6.33. The molecule has 0 radical (unpaired) electrons. The Morgan fingerprint density at radius 2 is 1.73 bits per heavy atom. The Bertz CT molecular complexity index is 923. The number of nitrogens with two attached hydrogens (primary N) is 1. The van der Waals surface area contributed by atoms with Gasteiger partial charge in [0.25, 0.3) is 0 Å². The first-order chi connectivity index (χ1) is 12.6. The Morgan fingerprint density at radius 3 is 2.42 bits per heavy atom. The van der Waals surface area contributed by atoms with Gasteiger partial charge >= 0.3 is 5.97 Å². The molecule has 2 N–H and O–H groups in total. The van der Waals surface area contributed by atoms with E-state index in [1.54, 1.807) is 6.92 Å². The van der Waals surface area contributed by atoms with Crippen LogP contribution in [-0.2, 0) is 16.1 Å². The number of hydrogen-bond acceptors (Lipinski definition) is 3. The Kier molecular flexibility index (Phi) is 5.59. The lowest BCUT2D eigenvalue weighted by molar-refractivity contribution is -0.144. The second-order valence-corrected chi connectivity index (χ2v) is 6.36. The molecule has 0 bridgehead atoms. The van der Waals surface area contributed by atoms with Crippen molar-refractivity contribution in [3.63, 3.8) is 0 Å². The minimum absolute atomic E-state index is 0.159. The van der Waals surface area contributed by atoms with Crippen molar-refractivity contribution in [1.82, 2.24) is 0 Å². The summed E-state index contributed by atoms with van der Waals surface area (Å²) in [5.74, 6) is -0.250. The molecular formula is C22H20ClNO2. The summed E-state index contributed by atoms with van der Waals surface area (Å²) in [6.45, 7) is 1.92. The van der Waals surface area contributed by atoms with Crippen LogP contribution in [0.25, 0.3) is 22.3 Å². The van der Waals surface area contributed by atoms with Gasteiger partial charge in [0.2, 0.25) is 0 Å². The third-order valence-electron chi connectivity index (χ3n) is 4.24. The summed E-state index contributed by atoms with van der Waals surface area (Å²) in [7, 11) is 0. The molecule has 0 atom stereocenters. The Balaban J connectivity index is 1.93. The fourth-order valence-corrected chi connectivity index (χ4v) is 3.06. The molecule has 0 fully saturated rings. The maximum atomic E-state index is 11.4. The van der Waals surface area contributed by atoms with Crippen LogP contribution < -0.4 is 5.73 Å². The van der Waals surface area contributed by atoms with E-state index in [9.17, 15) is 4.79 Å². The number of rotatable bonds is 5. The molecule has 3 nitrogen and oxygen atoms in total. The molecule has 0 spiro atoms. The molecule has 0 unspecified atom stereocenters. The van der Waals surface area contributed by atoms with Gasteiger partial charge in [0, 0.05) is 33.8 Å². The van der Waals surface area contributed by atoms with Gasteiger partial charge in [0.15, 0.2) is 0 Å². The number of benzene rings is 3. The van der Waals surface area contributed by atoms with Crippen LogP contribution in [0, 0.1) is 0 Å². The Hall–Kier alpha value is -2.78. The van der Waals surface area contributed by atoms with Crippen molar-refractivity contribution < 1.29 is 9.53 Å². The van der Waals surface area contributed by atoms with Crippen molar-refractivity contribution in [1.29, 1.82) is 0 Å². The summed E-state index contributed by atoms with van der Waals surface area (Å²) in [6.07, 6.45) is 0.340. The predicted octanol–water partition coefficient (Wildman–Crippen LogP) is 5.71. The van der Waals surface area contributed by atoms with Crippen molar-refractivity contribution in [3.8, 4) is 22.3 Å². The minimum atomic E-state index is -0.250. The quantitative estimate of drug-likeness (QED) is 0.465. The van der Waals surface area contributed by atoms with Crippen LogP contribution in [-0.4, -0.2) is 5.97 Å². The zero-order chi connectivity index (χ0) is 18.5. The van der Waals surface area contributed by atoms with Crippen LogP contribution >= 0.6 is 11.6 Å². The van der Waals surface area contributed by atoms with Crippen LogP contribution in [0.2, 0.25) is 5.02 Å². The number of anilines is 1. The van der Waals surface area contributed by atoms with E-state index >= 15 is 0 Å². The first kappa shape index (κ1) is 18.0. The molecule has 0 aliphatic carbocycles. The van der Waals surface area contributed by atoms with E-state index in [1.807, 2.05) is 66.7 Å². The van der Waals surface area contributed by atoms with Crippen LogP contribution in [0.4, 0.5) is 5.69 Å². The van der Waals surface area contributed by atoms with Crippen molar-refractivity contribution in [3.05, 3.63) is 77.3 Å².